The van der Waals surface area contributed by atoms with Crippen LogP contribution in [0.2, 0.25) is 0 Å². The van der Waals surface area contributed by atoms with Gasteiger partial charge in [-0.2, -0.15) is 5.10 Å². The molecule has 154 valence electrons. The van der Waals surface area contributed by atoms with Gasteiger partial charge >= 0.3 is 11.9 Å². The number of nitrogens with one attached hydrogen (secondary N) is 2. The van der Waals surface area contributed by atoms with Gasteiger partial charge in [-0.3, -0.25) is 9.59 Å². The topological polar surface area (TPSA) is 127 Å². The highest BCUT2D eigenvalue weighted by molar-refractivity contribution is 7.17. The SMILES string of the molecule is CCOC(=O)c1c(NC(=O)COC(=O)c2ccc(=O)[nH]n2)sc2c1CCC(C)C2. The molecule has 2 aromatic heterocycles. The maximum atomic E-state index is 12.5. The van der Waals surface area contributed by atoms with Crippen LogP contribution in [0.1, 0.15) is 51.6 Å². The largest absolute Gasteiger partial charge is 0.462 e. The highest BCUT2D eigenvalue weighted by Gasteiger charge is 2.29. The smallest absolute Gasteiger partial charge is 0.359 e. The first kappa shape index (κ1) is 20.7. The van der Waals surface area contributed by atoms with E-state index in [4.69, 9.17) is 9.47 Å². The lowest BCUT2D eigenvalue weighted by Gasteiger charge is -2.18. The lowest BCUT2D eigenvalue weighted by atomic mass is 9.88. The molecule has 10 heteroatoms. The Hall–Kier alpha value is -3.01. The van der Waals surface area contributed by atoms with Crippen LogP contribution in [0.15, 0.2) is 16.9 Å². The van der Waals surface area contributed by atoms with E-state index in [1.54, 1.807) is 6.92 Å². The Bertz CT molecular complexity index is 976. The Morgan fingerprint density at radius 2 is 2.07 bits per heavy atom. The standard InChI is InChI=1S/C19H21N3O6S/c1-3-27-19(26)16-11-5-4-10(2)8-13(11)29-17(16)20-15(24)9-28-18(25)12-6-7-14(23)22-21-12/h6-7,10H,3-5,8-9H2,1-2H3,(H,20,24)(H,22,23). The van der Waals surface area contributed by atoms with Crippen molar-refractivity contribution in [3.63, 3.8) is 0 Å². The highest BCUT2D eigenvalue weighted by Crippen LogP contribution is 2.40. The Balaban J connectivity index is 1.70. The summed E-state index contributed by atoms with van der Waals surface area (Å²) in [5.41, 5.74) is 0.740. The number of H-pyrrole nitrogens is 1. The minimum atomic E-state index is -0.846. The van der Waals surface area contributed by atoms with E-state index in [2.05, 4.69) is 22.4 Å². The number of nitrogens with zero attached hydrogens (tertiary/aromatic N) is 1. The molecule has 0 radical (unpaired) electrons. The summed E-state index contributed by atoms with van der Waals surface area (Å²) in [6.07, 6.45) is 2.56. The van der Waals surface area contributed by atoms with Crippen molar-refractivity contribution >= 4 is 34.2 Å². The number of amides is 1. The molecule has 0 saturated carbocycles. The van der Waals surface area contributed by atoms with Gasteiger partial charge in [-0.15, -0.1) is 11.3 Å². The Morgan fingerprint density at radius 1 is 1.28 bits per heavy atom. The van der Waals surface area contributed by atoms with Gasteiger partial charge < -0.3 is 14.8 Å². The van der Waals surface area contributed by atoms with Crippen molar-refractivity contribution in [2.75, 3.05) is 18.5 Å². The summed E-state index contributed by atoms with van der Waals surface area (Å²) in [6.45, 7) is 3.55. The van der Waals surface area contributed by atoms with Gasteiger partial charge in [0, 0.05) is 10.9 Å². The number of aromatic nitrogens is 2. The van der Waals surface area contributed by atoms with Crippen molar-refractivity contribution in [3.8, 4) is 0 Å². The molecule has 1 amide bonds. The Morgan fingerprint density at radius 3 is 2.76 bits per heavy atom. The van der Waals surface area contributed by atoms with Gasteiger partial charge in [0.05, 0.1) is 12.2 Å². The van der Waals surface area contributed by atoms with Gasteiger partial charge in [0.15, 0.2) is 12.3 Å². The molecule has 3 rings (SSSR count). The maximum Gasteiger partial charge on any atom is 0.359 e. The summed E-state index contributed by atoms with van der Waals surface area (Å²) in [4.78, 5) is 48.7. The van der Waals surface area contributed by atoms with Crippen LogP contribution in [-0.4, -0.2) is 41.3 Å². The summed E-state index contributed by atoms with van der Waals surface area (Å²) in [6, 6.07) is 2.33. The first-order valence-corrected chi connectivity index (χ1v) is 10.0. The molecule has 2 aromatic rings. The van der Waals surface area contributed by atoms with E-state index in [1.165, 1.54) is 17.4 Å². The quantitative estimate of drug-likeness (QED) is 0.685. The summed E-state index contributed by atoms with van der Waals surface area (Å²) < 4.78 is 10.1. The van der Waals surface area contributed by atoms with Crippen LogP contribution < -0.4 is 10.9 Å². The van der Waals surface area contributed by atoms with Crippen molar-refractivity contribution in [1.82, 2.24) is 10.2 Å². The molecule has 2 N–H and O–H groups in total. The molecule has 0 aliphatic heterocycles. The molecule has 29 heavy (non-hydrogen) atoms. The van der Waals surface area contributed by atoms with E-state index in [9.17, 15) is 19.2 Å². The predicted octanol–water partition coefficient (Wildman–Crippen LogP) is 1.93. The number of ether oxygens (including phenoxy) is 2. The van der Waals surface area contributed by atoms with Gasteiger partial charge in [-0.05, 0) is 43.7 Å². The van der Waals surface area contributed by atoms with E-state index >= 15 is 0 Å². The zero-order chi connectivity index (χ0) is 21.0. The lowest BCUT2D eigenvalue weighted by Crippen LogP contribution is -2.23. The monoisotopic (exact) mass is 419 g/mol. The number of aromatic amines is 1. The van der Waals surface area contributed by atoms with Crippen molar-refractivity contribution in [2.24, 2.45) is 5.92 Å². The molecule has 1 unspecified atom stereocenters. The third-order valence-electron chi connectivity index (χ3n) is 4.47. The lowest BCUT2D eigenvalue weighted by molar-refractivity contribution is -0.119. The van der Waals surface area contributed by atoms with Crippen LogP contribution >= 0.6 is 11.3 Å². The first-order chi connectivity index (χ1) is 13.9. The van der Waals surface area contributed by atoms with Crippen LogP contribution in [-0.2, 0) is 27.1 Å². The van der Waals surface area contributed by atoms with Crippen LogP contribution in [0.4, 0.5) is 5.00 Å². The maximum absolute atomic E-state index is 12.5. The van der Waals surface area contributed by atoms with E-state index in [0.29, 0.717) is 16.5 Å². The van der Waals surface area contributed by atoms with Crippen LogP contribution in [0.5, 0.6) is 0 Å². The van der Waals surface area contributed by atoms with E-state index in [0.717, 1.165) is 35.8 Å². The predicted molar refractivity (Wildman–Crippen MR) is 105 cm³/mol. The second-order valence-corrected chi connectivity index (χ2v) is 7.81. The van der Waals surface area contributed by atoms with Crippen LogP contribution in [0, 0.1) is 5.92 Å². The van der Waals surface area contributed by atoms with Crippen molar-refractivity contribution in [1.29, 1.82) is 0 Å². The zero-order valence-electron chi connectivity index (χ0n) is 16.1. The van der Waals surface area contributed by atoms with Crippen molar-refractivity contribution in [3.05, 3.63) is 44.2 Å². The molecule has 1 aliphatic carbocycles. The third-order valence-corrected chi connectivity index (χ3v) is 5.64. The minimum Gasteiger partial charge on any atom is -0.462 e. The van der Waals surface area contributed by atoms with E-state index in [-0.39, 0.29) is 12.3 Å². The highest BCUT2D eigenvalue weighted by atomic mass is 32.1. The average Bonchev–Trinajstić information content (AvgIpc) is 3.03. The van der Waals surface area contributed by atoms with E-state index < -0.39 is 30.0 Å². The molecule has 0 aromatic carbocycles. The van der Waals surface area contributed by atoms with Crippen molar-refractivity contribution in [2.45, 2.75) is 33.1 Å². The number of carbonyl (C=O) groups is 3. The molecule has 0 bridgehead atoms. The molecular weight excluding hydrogens is 398 g/mol. The summed E-state index contributed by atoms with van der Waals surface area (Å²) in [7, 11) is 0. The fourth-order valence-electron chi connectivity index (χ4n) is 3.08. The number of anilines is 1. The van der Waals surface area contributed by atoms with E-state index in [1.807, 2.05) is 0 Å². The van der Waals surface area contributed by atoms with Gasteiger partial charge in [-0.1, -0.05) is 6.92 Å². The van der Waals surface area contributed by atoms with Gasteiger partial charge in [0.1, 0.15) is 5.00 Å². The number of fused-ring (bicyclic) bond motifs is 1. The number of hydrogen-bond donors (Lipinski definition) is 2. The molecule has 0 saturated heterocycles. The number of rotatable bonds is 6. The molecule has 0 fully saturated rings. The summed E-state index contributed by atoms with van der Waals surface area (Å²) in [5, 5.41) is 8.73. The van der Waals surface area contributed by atoms with Crippen LogP contribution in [0.25, 0.3) is 0 Å². The minimum absolute atomic E-state index is 0.120. The molecule has 0 spiro atoms. The second kappa shape index (κ2) is 8.99. The Labute approximate surface area is 170 Å². The molecule has 9 nitrogen and oxygen atoms in total. The zero-order valence-corrected chi connectivity index (χ0v) is 16.9. The fourth-order valence-corrected chi connectivity index (χ4v) is 4.50. The number of carbonyl (C=O) groups excluding carboxylic acids is 3. The van der Waals surface area contributed by atoms with Crippen molar-refractivity contribution < 1.29 is 23.9 Å². The second-order valence-electron chi connectivity index (χ2n) is 6.71. The molecule has 2 heterocycles. The number of hydrogen-bond acceptors (Lipinski definition) is 8. The molecular formula is C19H21N3O6S. The average molecular weight is 419 g/mol. The normalized spacial score (nSPS) is 15.3. The number of thiophene rings is 1. The Kier molecular flexibility index (Phi) is 6.42. The summed E-state index contributed by atoms with van der Waals surface area (Å²) >= 11 is 1.36. The number of esters is 2. The third kappa shape index (κ3) is 4.89. The van der Waals surface area contributed by atoms with Gasteiger partial charge in [-0.25, -0.2) is 14.7 Å². The molecule has 1 aliphatic rings. The first-order valence-electron chi connectivity index (χ1n) is 9.23. The van der Waals surface area contributed by atoms with Crippen LogP contribution in [0.3, 0.4) is 0 Å². The molecule has 1 atom stereocenters. The van der Waals surface area contributed by atoms with Gasteiger partial charge in [0.25, 0.3) is 11.5 Å². The summed E-state index contributed by atoms with van der Waals surface area (Å²) in [5.74, 6) is -1.39. The van der Waals surface area contributed by atoms with Gasteiger partial charge in [0.2, 0.25) is 0 Å². The fraction of sp³-hybridized carbons (Fsp3) is 0.421.